The van der Waals surface area contributed by atoms with Crippen molar-refractivity contribution in [1.29, 1.82) is 0 Å². The summed E-state index contributed by atoms with van der Waals surface area (Å²) in [5, 5.41) is 3.10. The number of sulfonamides is 1. The molecule has 0 radical (unpaired) electrons. The molecule has 26 heavy (non-hydrogen) atoms. The van der Waals surface area contributed by atoms with Gasteiger partial charge in [0.1, 0.15) is 0 Å². The van der Waals surface area contributed by atoms with Crippen LogP contribution in [0.15, 0.2) is 59.5 Å². The summed E-state index contributed by atoms with van der Waals surface area (Å²) in [4.78, 5) is 12.7. The number of rotatable bonds is 5. The van der Waals surface area contributed by atoms with Crippen molar-refractivity contribution in [3.05, 3.63) is 60.2 Å². The van der Waals surface area contributed by atoms with E-state index in [1.54, 1.807) is 36.4 Å². The maximum atomic E-state index is 12.6. The van der Waals surface area contributed by atoms with E-state index in [1.807, 2.05) is 6.07 Å². The Labute approximate surface area is 153 Å². The molecule has 2 bridgehead atoms. The molecule has 0 aliphatic heterocycles. The summed E-state index contributed by atoms with van der Waals surface area (Å²) >= 11 is 0. The van der Waals surface area contributed by atoms with Crippen LogP contribution in [0.4, 0.5) is 5.69 Å². The number of carbonyl (C=O) groups excluding carboxylic acids is 1. The van der Waals surface area contributed by atoms with Crippen molar-refractivity contribution in [2.45, 2.75) is 36.6 Å². The molecule has 2 fully saturated rings. The van der Waals surface area contributed by atoms with Crippen LogP contribution in [-0.2, 0) is 10.0 Å². The molecule has 6 heteroatoms. The van der Waals surface area contributed by atoms with E-state index in [9.17, 15) is 13.2 Å². The van der Waals surface area contributed by atoms with Crippen molar-refractivity contribution in [2.24, 2.45) is 11.8 Å². The molecule has 0 spiro atoms. The van der Waals surface area contributed by atoms with E-state index in [0.29, 0.717) is 17.2 Å². The minimum atomic E-state index is -3.73. The summed E-state index contributed by atoms with van der Waals surface area (Å²) in [5.74, 6) is 1.13. The summed E-state index contributed by atoms with van der Waals surface area (Å²) < 4.78 is 27.7. The van der Waals surface area contributed by atoms with Crippen LogP contribution >= 0.6 is 0 Å². The van der Waals surface area contributed by atoms with Gasteiger partial charge in [-0.25, -0.2) is 8.42 Å². The fourth-order valence-corrected chi connectivity index (χ4v) is 5.30. The molecular weight excluding hydrogens is 348 g/mol. The van der Waals surface area contributed by atoms with Crippen molar-refractivity contribution >= 4 is 21.6 Å². The number of hydrogen-bond donors (Lipinski definition) is 2. The highest BCUT2D eigenvalue weighted by Gasteiger charge is 2.40. The maximum Gasteiger partial charge on any atom is 0.261 e. The molecule has 2 N–H and O–H groups in total. The average molecular weight is 370 g/mol. The van der Waals surface area contributed by atoms with Gasteiger partial charge < -0.3 is 5.32 Å². The monoisotopic (exact) mass is 370 g/mol. The van der Waals surface area contributed by atoms with Crippen LogP contribution in [0.2, 0.25) is 0 Å². The molecule has 0 unspecified atom stereocenters. The Bertz CT molecular complexity index is 912. The molecule has 0 heterocycles. The van der Waals surface area contributed by atoms with E-state index in [4.69, 9.17) is 0 Å². The van der Waals surface area contributed by atoms with E-state index < -0.39 is 10.0 Å². The molecule has 2 aromatic rings. The topological polar surface area (TPSA) is 75.3 Å². The second kappa shape index (κ2) is 6.76. The van der Waals surface area contributed by atoms with Gasteiger partial charge in [0.05, 0.1) is 4.90 Å². The van der Waals surface area contributed by atoms with Crippen LogP contribution in [-0.4, -0.2) is 20.4 Å². The van der Waals surface area contributed by atoms with Crippen molar-refractivity contribution in [2.75, 3.05) is 4.72 Å². The van der Waals surface area contributed by atoms with Gasteiger partial charge in [0.2, 0.25) is 0 Å². The minimum Gasteiger partial charge on any atom is -0.349 e. The largest absolute Gasteiger partial charge is 0.349 e. The Kier molecular flexibility index (Phi) is 4.44. The van der Waals surface area contributed by atoms with Gasteiger partial charge in [0, 0.05) is 17.3 Å². The zero-order chi connectivity index (χ0) is 18.1. The number of amides is 1. The van der Waals surface area contributed by atoms with Crippen LogP contribution in [0.3, 0.4) is 0 Å². The Morgan fingerprint density at radius 2 is 1.77 bits per heavy atom. The van der Waals surface area contributed by atoms with Crippen molar-refractivity contribution in [3.8, 4) is 0 Å². The van der Waals surface area contributed by atoms with E-state index in [1.165, 1.54) is 31.4 Å². The van der Waals surface area contributed by atoms with Gasteiger partial charge in [-0.15, -0.1) is 0 Å². The van der Waals surface area contributed by atoms with Crippen molar-refractivity contribution in [1.82, 2.24) is 5.32 Å². The maximum absolute atomic E-state index is 12.6. The quantitative estimate of drug-likeness (QED) is 0.847. The van der Waals surface area contributed by atoms with Crippen LogP contribution in [0.5, 0.6) is 0 Å². The predicted octanol–water partition coefficient (Wildman–Crippen LogP) is 3.41. The van der Waals surface area contributed by atoms with Crippen molar-refractivity contribution < 1.29 is 13.2 Å². The van der Waals surface area contributed by atoms with E-state index in [-0.39, 0.29) is 16.8 Å². The minimum absolute atomic E-state index is 0.0851. The fraction of sp³-hybridized carbons (Fsp3) is 0.350. The Hall–Kier alpha value is -2.34. The van der Waals surface area contributed by atoms with Crippen LogP contribution in [0.1, 0.15) is 36.0 Å². The van der Waals surface area contributed by atoms with Crippen LogP contribution < -0.4 is 10.0 Å². The molecule has 3 atom stereocenters. The number of hydrogen-bond acceptors (Lipinski definition) is 3. The van der Waals surface area contributed by atoms with E-state index >= 15 is 0 Å². The third-order valence-electron chi connectivity index (χ3n) is 5.49. The van der Waals surface area contributed by atoms with Gasteiger partial charge in [-0.05, 0) is 61.4 Å². The molecule has 4 rings (SSSR count). The molecule has 1 amide bonds. The number of para-hydroxylation sites is 1. The molecule has 2 aliphatic carbocycles. The second-order valence-corrected chi connectivity index (χ2v) is 8.94. The van der Waals surface area contributed by atoms with E-state index in [2.05, 4.69) is 10.0 Å². The lowest BCUT2D eigenvalue weighted by atomic mass is 9.95. The average Bonchev–Trinajstić information content (AvgIpc) is 3.25. The van der Waals surface area contributed by atoms with Gasteiger partial charge >= 0.3 is 0 Å². The van der Waals surface area contributed by atoms with Gasteiger partial charge in [-0.3, -0.25) is 9.52 Å². The molecule has 2 aliphatic rings. The van der Waals surface area contributed by atoms with Crippen molar-refractivity contribution in [3.63, 3.8) is 0 Å². The lowest BCUT2D eigenvalue weighted by Gasteiger charge is -2.23. The Balaban J connectivity index is 1.50. The summed E-state index contributed by atoms with van der Waals surface area (Å²) in [6.45, 7) is 0. The molecule has 0 aromatic heterocycles. The highest BCUT2D eigenvalue weighted by Crippen LogP contribution is 2.44. The first-order valence-electron chi connectivity index (χ1n) is 9.00. The van der Waals surface area contributed by atoms with Crippen LogP contribution in [0.25, 0.3) is 0 Å². The van der Waals surface area contributed by atoms with Crippen LogP contribution in [0, 0.1) is 11.8 Å². The Morgan fingerprint density at radius 3 is 2.46 bits per heavy atom. The van der Waals surface area contributed by atoms with Gasteiger partial charge in [0.25, 0.3) is 15.9 Å². The lowest BCUT2D eigenvalue weighted by molar-refractivity contribution is 0.0922. The third kappa shape index (κ3) is 3.46. The zero-order valence-corrected chi connectivity index (χ0v) is 15.2. The first kappa shape index (κ1) is 17.1. The normalized spacial score (nSPS) is 24.4. The molecular formula is C20H22N2O3S. The molecule has 136 valence electrons. The third-order valence-corrected chi connectivity index (χ3v) is 6.87. The number of fused-ring (bicyclic) bond motifs is 2. The number of nitrogens with one attached hydrogen (secondary N) is 2. The first-order chi connectivity index (χ1) is 12.5. The summed E-state index contributed by atoms with van der Waals surface area (Å²) in [6.07, 6.45) is 4.71. The van der Waals surface area contributed by atoms with Gasteiger partial charge in [-0.1, -0.05) is 30.7 Å². The molecule has 2 aromatic carbocycles. The molecule has 2 saturated carbocycles. The number of benzene rings is 2. The predicted molar refractivity (Wildman–Crippen MR) is 100 cm³/mol. The molecule has 0 saturated heterocycles. The standard InChI is InChI=1S/C20H22N2O3S/c23-20(21-19-12-14-9-10-15(19)11-14)16-5-4-8-18(13-16)26(24,25)22-17-6-2-1-3-7-17/h1-8,13-15,19,22H,9-12H2,(H,21,23)/t14-,15+,19+/m0/s1. The summed E-state index contributed by atoms with van der Waals surface area (Å²) in [7, 11) is -3.73. The second-order valence-electron chi connectivity index (χ2n) is 7.25. The highest BCUT2D eigenvalue weighted by molar-refractivity contribution is 7.92. The van der Waals surface area contributed by atoms with Gasteiger partial charge in [0.15, 0.2) is 0 Å². The highest BCUT2D eigenvalue weighted by atomic mass is 32.2. The smallest absolute Gasteiger partial charge is 0.261 e. The zero-order valence-electron chi connectivity index (χ0n) is 14.4. The van der Waals surface area contributed by atoms with Gasteiger partial charge in [-0.2, -0.15) is 0 Å². The fourth-order valence-electron chi connectivity index (χ4n) is 4.20. The lowest BCUT2D eigenvalue weighted by Crippen LogP contribution is -2.38. The SMILES string of the molecule is O=C(N[C@@H]1C[C@H]2CC[C@@H]1C2)c1cccc(S(=O)(=O)Nc2ccccc2)c1. The summed E-state index contributed by atoms with van der Waals surface area (Å²) in [5.41, 5.74) is 0.869. The summed E-state index contributed by atoms with van der Waals surface area (Å²) in [6, 6.07) is 15.1. The number of carbonyl (C=O) groups is 1. The molecule has 5 nitrogen and oxygen atoms in total. The number of anilines is 1. The first-order valence-corrected chi connectivity index (χ1v) is 10.5. The van der Waals surface area contributed by atoms with E-state index in [0.717, 1.165) is 12.3 Å². The Morgan fingerprint density at radius 1 is 0.962 bits per heavy atom.